The first-order valence-corrected chi connectivity index (χ1v) is 5.84. The fourth-order valence-electron chi connectivity index (χ4n) is 1.60. The first-order valence-electron chi connectivity index (χ1n) is 5.84. The van der Waals surface area contributed by atoms with Gasteiger partial charge in [0.2, 0.25) is 0 Å². The van der Waals surface area contributed by atoms with E-state index in [2.05, 4.69) is 9.97 Å². The summed E-state index contributed by atoms with van der Waals surface area (Å²) in [6.45, 7) is 0.760. The van der Waals surface area contributed by atoms with Gasteiger partial charge in [-0.05, 0) is 0 Å². The van der Waals surface area contributed by atoms with Gasteiger partial charge in [-0.3, -0.25) is 0 Å². The van der Waals surface area contributed by atoms with Crippen LogP contribution in [0.2, 0.25) is 0 Å². The Kier molecular flexibility index (Phi) is 4.25. The Balaban J connectivity index is 2.05. The van der Waals surface area contributed by atoms with Crippen molar-refractivity contribution in [1.29, 1.82) is 0 Å². The lowest BCUT2D eigenvalue weighted by Gasteiger charge is -2.09. The maximum Gasteiger partial charge on any atom is 0.146 e. The van der Waals surface area contributed by atoms with Gasteiger partial charge in [-0.25, -0.2) is 4.98 Å². The third-order valence-corrected chi connectivity index (χ3v) is 2.60. The number of aromatic amines is 1. The molecule has 1 heterocycles. The molecule has 0 aliphatic heterocycles. The van der Waals surface area contributed by atoms with E-state index in [1.165, 1.54) is 0 Å². The van der Waals surface area contributed by atoms with Crippen LogP contribution in [0.4, 0.5) is 0 Å². The van der Waals surface area contributed by atoms with Gasteiger partial charge in [0.05, 0.1) is 14.2 Å². The number of imidazole rings is 1. The summed E-state index contributed by atoms with van der Waals surface area (Å²) in [5.74, 6) is 2.73. The number of aromatic nitrogens is 2. The van der Waals surface area contributed by atoms with Crippen molar-refractivity contribution < 1.29 is 14.2 Å². The molecule has 0 saturated heterocycles. The van der Waals surface area contributed by atoms with Crippen LogP contribution >= 0.6 is 0 Å². The fraction of sp³-hybridized carbons (Fsp3) is 0.308. The molecule has 19 heavy (non-hydrogen) atoms. The molecule has 0 unspecified atom stereocenters. The van der Waals surface area contributed by atoms with Crippen LogP contribution in [0.5, 0.6) is 17.2 Å². The van der Waals surface area contributed by atoms with Crippen molar-refractivity contribution in [2.45, 2.75) is 13.2 Å². The second kappa shape index (κ2) is 6.10. The molecule has 0 saturated carbocycles. The summed E-state index contributed by atoms with van der Waals surface area (Å²) in [5, 5.41) is 0. The van der Waals surface area contributed by atoms with Gasteiger partial charge in [-0.15, -0.1) is 0 Å². The summed E-state index contributed by atoms with van der Waals surface area (Å²) in [4.78, 5) is 7.23. The smallest absolute Gasteiger partial charge is 0.146 e. The number of hydrogen-bond acceptors (Lipinski definition) is 5. The normalized spacial score (nSPS) is 10.3. The van der Waals surface area contributed by atoms with Crippen molar-refractivity contribution >= 4 is 0 Å². The van der Waals surface area contributed by atoms with Gasteiger partial charge in [0.15, 0.2) is 0 Å². The minimum absolute atomic E-state index is 0.330. The molecular formula is C13H17N3O3. The van der Waals surface area contributed by atoms with E-state index < -0.39 is 0 Å². The molecule has 0 aliphatic rings. The minimum Gasteiger partial charge on any atom is -0.496 e. The molecule has 6 nitrogen and oxygen atoms in total. The topological polar surface area (TPSA) is 82.4 Å². The summed E-state index contributed by atoms with van der Waals surface area (Å²) >= 11 is 0. The largest absolute Gasteiger partial charge is 0.496 e. The molecule has 1 aromatic carbocycles. The van der Waals surface area contributed by atoms with Crippen molar-refractivity contribution in [1.82, 2.24) is 9.97 Å². The number of hydrogen-bond donors (Lipinski definition) is 2. The van der Waals surface area contributed by atoms with E-state index in [0.29, 0.717) is 30.4 Å². The van der Waals surface area contributed by atoms with E-state index in [1.807, 2.05) is 0 Å². The molecule has 0 radical (unpaired) electrons. The number of nitrogens with two attached hydrogens (primary N) is 1. The molecule has 2 aromatic rings. The zero-order valence-electron chi connectivity index (χ0n) is 11.0. The maximum atomic E-state index is 5.64. The Labute approximate surface area is 111 Å². The van der Waals surface area contributed by atoms with Crippen LogP contribution < -0.4 is 19.9 Å². The third-order valence-electron chi connectivity index (χ3n) is 2.60. The van der Waals surface area contributed by atoms with Gasteiger partial charge in [0, 0.05) is 36.6 Å². The number of nitrogens with zero attached hydrogens (tertiary/aromatic N) is 1. The number of H-pyrrole nitrogens is 1. The summed E-state index contributed by atoms with van der Waals surface area (Å²) in [6, 6.07) is 5.36. The van der Waals surface area contributed by atoms with Gasteiger partial charge in [0.1, 0.15) is 29.7 Å². The van der Waals surface area contributed by atoms with Crippen LogP contribution in [-0.2, 0) is 13.2 Å². The van der Waals surface area contributed by atoms with Crippen LogP contribution in [0.1, 0.15) is 11.5 Å². The first kappa shape index (κ1) is 13.2. The number of benzene rings is 1. The predicted octanol–water partition coefficient (Wildman–Crippen LogP) is 1.46. The molecule has 0 fully saturated rings. The number of methoxy groups -OCH3 is 2. The molecule has 0 atom stereocenters. The highest BCUT2D eigenvalue weighted by molar-refractivity contribution is 5.42. The Morgan fingerprint density at radius 2 is 1.74 bits per heavy atom. The fourth-order valence-corrected chi connectivity index (χ4v) is 1.60. The van der Waals surface area contributed by atoms with Gasteiger partial charge in [-0.2, -0.15) is 0 Å². The molecule has 0 aliphatic carbocycles. The lowest BCUT2D eigenvalue weighted by atomic mass is 10.3. The van der Waals surface area contributed by atoms with E-state index in [1.54, 1.807) is 38.6 Å². The number of ether oxygens (including phenoxy) is 3. The molecular weight excluding hydrogens is 246 g/mol. The summed E-state index contributed by atoms with van der Waals surface area (Å²) in [5.41, 5.74) is 6.38. The Morgan fingerprint density at radius 1 is 1.11 bits per heavy atom. The lowest BCUT2D eigenvalue weighted by Crippen LogP contribution is -2.00. The van der Waals surface area contributed by atoms with E-state index in [-0.39, 0.29) is 0 Å². The van der Waals surface area contributed by atoms with Gasteiger partial charge in [0.25, 0.3) is 0 Å². The van der Waals surface area contributed by atoms with E-state index in [4.69, 9.17) is 19.9 Å². The highest BCUT2D eigenvalue weighted by Gasteiger charge is 2.05. The van der Waals surface area contributed by atoms with Crippen LogP contribution in [-0.4, -0.2) is 24.2 Å². The highest BCUT2D eigenvalue weighted by atomic mass is 16.5. The standard InChI is InChI=1S/C13H17N3O3/c1-17-10-3-11(18-2)5-12(4-10)19-8-13-15-7-9(6-14)16-13/h3-5,7H,6,8,14H2,1-2H3,(H,15,16). The second-order valence-electron chi connectivity index (χ2n) is 3.90. The summed E-state index contributed by atoms with van der Waals surface area (Å²) < 4.78 is 16.0. The second-order valence-corrected chi connectivity index (χ2v) is 3.90. The highest BCUT2D eigenvalue weighted by Crippen LogP contribution is 2.27. The molecule has 1 aromatic heterocycles. The molecule has 2 rings (SSSR count). The van der Waals surface area contributed by atoms with E-state index in [0.717, 1.165) is 11.5 Å². The van der Waals surface area contributed by atoms with Crippen molar-refractivity contribution in [3.8, 4) is 17.2 Å². The Hall–Kier alpha value is -2.21. The average molecular weight is 263 g/mol. The summed E-state index contributed by atoms with van der Waals surface area (Å²) in [7, 11) is 3.19. The van der Waals surface area contributed by atoms with Crippen molar-refractivity contribution in [2.24, 2.45) is 5.73 Å². The monoisotopic (exact) mass is 263 g/mol. The van der Waals surface area contributed by atoms with Crippen LogP contribution in [0.25, 0.3) is 0 Å². The SMILES string of the molecule is COc1cc(OC)cc(OCc2ncc(CN)[nH]2)c1. The van der Waals surface area contributed by atoms with Gasteiger partial charge >= 0.3 is 0 Å². The Morgan fingerprint density at radius 3 is 2.26 bits per heavy atom. The predicted molar refractivity (Wildman–Crippen MR) is 70.4 cm³/mol. The third kappa shape index (κ3) is 3.38. The Bertz CT molecular complexity index is 517. The van der Waals surface area contributed by atoms with Crippen molar-refractivity contribution in [2.75, 3.05) is 14.2 Å². The van der Waals surface area contributed by atoms with Crippen molar-refractivity contribution in [3.05, 3.63) is 35.9 Å². The van der Waals surface area contributed by atoms with Crippen LogP contribution in [0, 0.1) is 0 Å². The van der Waals surface area contributed by atoms with E-state index in [9.17, 15) is 0 Å². The zero-order chi connectivity index (χ0) is 13.7. The first-order chi connectivity index (χ1) is 9.25. The number of rotatable bonds is 6. The van der Waals surface area contributed by atoms with Gasteiger partial charge < -0.3 is 24.9 Å². The number of nitrogens with one attached hydrogen (secondary N) is 1. The zero-order valence-corrected chi connectivity index (χ0v) is 11.0. The lowest BCUT2D eigenvalue weighted by molar-refractivity contribution is 0.292. The minimum atomic E-state index is 0.330. The van der Waals surface area contributed by atoms with Gasteiger partial charge in [-0.1, -0.05) is 0 Å². The molecule has 6 heteroatoms. The molecule has 102 valence electrons. The molecule has 0 spiro atoms. The van der Waals surface area contributed by atoms with Crippen molar-refractivity contribution in [3.63, 3.8) is 0 Å². The van der Waals surface area contributed by atoms with E-state index >= 15 is 0 Å². The molecule has 0 bridgehead atoms. The average Bonchev–Trinajstić information content (AvgIpc) is 2.92. The molecule has 0 amide bonds. The van der Waals surface area contributed by atoms with Crippen LogP contribution in [0.15, 0.2) is 24.4 Å². The maximum absolute atomic E-state index is 5.64. The quantitative estimate of drug-likeness (QED) is 0.824. The van der Waals surface area contributed by atoms with Crippen LogP contribution in [0.3, 0.4) is 0 Å². The molecule has 3 N–H and O–H groups in total. The summed E-state index contributed by atoms with van der Waals surface area (Å²) in [6.07, 6.45) is 1.70.